The van der Waals surface area contributed by atoms with Crippen LogP contribution in [-0.4, -0.2) is 32.8 Å². The molecule has 23 heavy (non-hydrogen) atoms. The summed E-state index contributed by atoms with van der Waals surface area (Å²) >= 11 is 0. The molecule has 3 aromatic rings. The molecule has 8 heteroatoms. The third-order valence-electron chi connectivity index (χ3n) is 3.03. The minimum absolute atomic E-state index is 0.231. The summed E-state index contributed by atoms with van der Waals surface area (Å²) in [5, 5.41) is 4.15. The number of carbonyl (C=O) groups is 1. The second kappa shape index (κ2) is 6.56. The molecule has 1 amide bonds. The maximum Gasteiger partial charge on any atom is 0.271 e. The van der Waals surface area contributed by atoms with Crippen LogP contribution in [0.25, 0.3) is 5.69 Å². The molecular formula is C15H14N6O2. The smallest absolute Gasteiger partial charge is 0.271 e. The van der Waals surface area contributed by atoms with Crippen LogP contribution in [0.3, 0.4) is 0 Å². The van der Waals surface area contributed by atoms with Crippen molar-refractivity contribution in [2.24, 2.45) is 0 Å². The first-order valence-electron chi connectivity index (χ1n) is 6.80. The van der Waals surface area contributed by atoms with E-state index in [-0.39, 0.29) is 11.9 Å². The van der Waals surface area contributed by atoms with E-state index in [1.165, 1.54) is 13.3 Å². The zero-order valence-electron chi connectivity index (χ0n) is 12.3. The summed E-state index contributed by atoms with van der Waals surface area (Å²) in [7, 11) is 1.50. The van der Waals surface area contributed by atoms with Crippen molar-refractivity contribution in [3.8, 4) is 11.6 Å². The van der Waals surface area contributed by atoms with Gasteiger partial charge < -0.3 is 4.74 Å². The van der Waals surface area contributed by atoms with E-state index in [4.69, 9.17) is 4.74 Å². The van der Waals surface area contributed by atoms with Gasteiger partial charge in [-0.15, -0.1) is 0 Å². The lowest BCUT2D eigenvalue weighted by molar-refractivity contribution is 0.0962. The average Bonchev–Trinajstić information content (AvgIpc) is 3.14. The summed E-state index contributed by atoms with van der Waals surface area (Å²) in [6, 6.07) is 10.5. The molecule has 0 radical (unpaired) electrons. The van der Waals surface area contributed by atoms with Crippen LogP contribution in [0.4, 0.5) is 5.95 Å². The Bertz CT molecular complexity index is 803. The van der Waals surface area contributed by atoms with Crippen LogP contribution in [0.5, 0.6) is 5.88 Å². The topological polar surface area (TPSA) is 94.0 Å². The number of nitrogens with one attached hydrogen (secondary N) is 2. The van der Waals surface area contributed by atoms with Crippen LogP contribution in [0.15, 0.2) is 55.0 Å². The number of rotatable bonds is 5. The molecule has 0 saturated heterocycles. The van der Waals surface area contributed by atoms with Crippen molar-refractivity contribution >= 4 is 11.9 Å². The first kappa shape index (κ1) is 14.5. The maximum absolute atomic E-state index is 12.4. The molecule has 0 spiro atoms. The van der Waals surface area contributed by atoms with E-state index in [1.807, 2.05) is 12.1 Å². The Morgan fingerprint density at radius 3 is 2.83 bits per heavy atom. The first-order chi connectivity index (χ1) is 11.3. The third kappa shape index (κ3) is 3.26. The molecule has 8 nitrogen and oxygen atoms in total. The van der Waals surface area contributed by atoms with Gasteiger partial charge in [0.15, 0.2) is 0 Å². The first-order valence-corrected chi connectivity index (χ1v) is 6.80. The van der Waals surface area contributed by atoms with Crippen molar-refractivity contribution in [1.29, 1.82) is 0 Å². The number of aromatic nitrogens is 4. The van der Waals surface area contributed by atoms with Gasteiger partial charge in [0.25, 0.3) is 5.91 Å². The fourth-order valence-corrected chi connectivity index (χ4v) is 1.97. The van der Waals surface area contributed by atoms with Crippen LogP contribution in [0.2, 0.25) is 0 Å². The highest BCUT2D eigenvalue weighted by Crippen LogP contribution is 2.13. The van der Waals surface area contributed by atoms with Gasteiger partial charge >= 0.3 is 0 Å². The Kier molecular flexibility index (Phi) is 4.14. The lowest BCUT2D eigenvalue weighted by atomic mass is 10.1. The Labute approximate surface area is 132 Å². The van der Waals surface area contributed by atoms with Gasteiger partial charge in [0.05, 0.1) is 18.4 Å². The summed E-state index contributed by atoms with van der Waals surface area (Å²) in [5.74, 6) is 0.297. The van der Waals surface area contributed by atoms with Crippen molar-refractivity contribution in [3.63, 3.8) is 0 Å². The Morgan fingerprint density at radius 1 is 1.17 bits per heavy atom. The van der Waals surface area contributed by atoms with Crippen LogP contribution in [0.1, 0.15) is 10.4 Å². The van der Waals surface area contributed by atoms with E-state index >= 15 is 0 Å². The van der Waals surface area contributed by atoms with E-state index in [0.717, 1.165) is 0 Å². The average molecular weight is 310 g/mol. The highest BCUT2D eigenvalue weighted by Gasteiger charge is 2.12. The number of carbonyl (C=O) groups excluding carboxylic acids is 1. The van der Waals surface area contributed by atoms with E-state index in [9.17, 15) is 4.79 Å². The fourth-order valence-electron chi connectivity index (χ4n) is 1.97. The number of benzene rings is 1. The van der Waals surface area contributed by atoms with E-state index in [2.05, 4.69) is 25.9 Å². The summed E-state index contributed by atoms with van der Waals surface area (Å²) in [6.07, 6.45) is 4.94. The molecule has 0 saturated carbocycles. The number of para-hydroxylation sites is 1. The zero-order chi connectivity index (χ0) is 16.1. The maximum atomic E-state index is 12.4. The number of amides is 1. The van der Waals surface area contributed by atoms with Crippen LogP contribution in [-0.2, 0) is 0 Å². The van der Waals surface area contributed by atoms with Crippen molar-refractivity contribution in [2.45, 2.75) is 0 Å². The molecule has 2 heterocycles. The largest absolute Gasteiger partial charge is 0.481 e. The van der Waals surface area contributed by atoms with Gasteiger partial charge in [-0.05, 0) is 18.2 Å². The molecule has 0 aliphatic carbocycles. The number of methoxy groups -OCH3 is 1. The predicted molar refractivity (Wildman–Crippen MR) is 83.2 cm³/mol. The SMILES string of the molecule is COc1ccnc(NNC(=O)c2ccccc2-n2cccn2)n1. The molecule has 0 bridgehead atoms. The highest BCUT2D eigenvalue weighted by molar-refractivity contribution is 5.98. The molecule has 0 aliphatic rings. The van der Waals surface area contributed by atoms with Gasteiger partial charge in [-0.2, -0.15) is 10.1 Å². The quantitative estimate of drug-likeness (QED) is 0.692. The minimum atomic E-state index is -0.331. The van der Waals surface area contributed by atoms with Crippen molar-refractivity contribution < 1.29 is 9.53 Å². The monoisotopic (exact) mass is 310 g/mol. The molecule has 116 valence electrons. The predicted octanol–water partition coefficient (Wildman–Crippen LogP) is 1.43. The Morgan fingerprint density at radius 2 is 2.04 bits per heavy atom. The van der Waals surface area contributed by atoms with Gasteiger partial charge in [0, 0.05) is 24.7 Å². The number of nitrogens with zero attached hydrogens (tertiary/aromatic N) is 4. The molecule has 0 atom stereocenters. The molecule has 0 fully saturated rings. The van der Waals surface area contributed by atoms with Gasteiger partial charge in [-0.3, -0.25) is 15.6 Å². The van der Waals surface area contributed by atoms with Gasteiger partial charge in [-0.25, -0.2) is 9.67 Å². The molecule has 0 aliphatic heterocycles. The second-order valence-corrected chi connectivity index (χ2v) is 4.47. The standard InChI is InChI=1S/C15H14N6O2/c1-23-13-7-9-16-15(18-13)20-19-14(22)11-5-2-3-6-12(11)21-10-4-8-17-21/h2-10H,1H3,(H,19,22)(H,16,18,20). The highest BCUT2D eigenvalue weighted by atomic mass is 16.5. The summed E-state index contributed by atoms with van der Waals surface area (Å²) in [4.78, 5) is 20.4. The summed E-state index contributed by atoms with van der Waals surface area (Å²) < 4.78 is 6.62. The number of ether oxygens (including phenoxy) is 1. The van der Waals surface area contributed by atoms with Gasteiger partial charge in [-0.1, -0.05) is 12.1 Å². The number of hydrogen-bond acceptors (Lipinski definition) is 6. The number of hydrogen-bond donors (Lipinski definition) is 2. The van der Waals surface area contributed by atoms with Crippen molar-refractivity contribution in [2.75, 3.05) is 12.5 Å². The lowest BCUT2D eigenvalue weighted by Gasteiger charge is -2.11. The minimum Gasteiger partial charge on any atom is -0.481 e. The van der Waals surface area contributed by atoms with E-state index in [0.29, 0.717) is 17.1 Å². The second-order valence-electron chi connectivity index (χ2n) is 4.47. The third-order valence-corrected chi connectivity index (χ3v) is 3.03. The Balaban J connectivity index is 1.76. The van der Waals surface area contributed by atoms with Crippen LogP contribution < -0.4 is 15.6 Å². The van der Waals surface area contributed by atoms with Crippen LogP contribution >= 0.6 is 0 Å². The lowest BCUT2D eigenvalue weighted by Crippen LogP contribution is -2.31. The molecule has 1 aromatic carbocycles. The normalized spacial score (nSPS) is 10.1. The Hall–Kier alpha value is -3.42. The summed E-state index contributed by atoms with van der Waals surface area (Å²) in [5.41, 5.74) is 6.35. The molecule has 3 rings (SSSR count). The summed E-state index contributed by atoms with van der Waals surface area (Å²) in [6.45, 7) is 0. The molecule has 2 aromatic heterocycles. The zero-order valence-corrected chi connectivity index (χ0v) is 12.3. The van der Waals surface area contributed by atoms with Crippen molar-refractivity contribution in [3.05, 3.63) is 60.6 Å². The van der Waals surface area contributed by atoms with Crippen LogP contribution in [0, 0.1) is 0 Å². The van der Waals surface area contributed by atoms with Gasteiger partial charge in [0.2, 0.25) is 11.8 Å². The van der Waals surface area contributed by atoms with Gasteiger partial charge in [0.1, 0.15) is 0 Å². The van der Waals surface area contributed by atoms with Crippen molar-refractivity contribution in [1.82, 2.24) is 25.2 Å². The van der Waals surface area contributed by atoms with E-state index < -0.39 is 0 Å². The molecule has 2 N–H and O–H groups in total. The molecular weight excluding hydrogens is 296 g/mol. The fraction of sp³-hybridized carbons (Fsp3) is 0.0667. The number of hydrazine groups is 1. The molecule has 0 unspecified atom stereocenters. The number of anilines is 1. The van der Waals surface area contributed by atoms with E-state index in [1.54, 1.807) is 41.3 Å².